The van der Waals surface area contributed by atoms with Crippen LogP contribution in [0.25, 0.3) is 0 Å². The molecule has 0 radical (unpaired) electrons. The van der Waals surface area contributed by atoms with Crippen molar-refractivity contribution in [2.45, 2.75) is 31.5 Å². The molecule has 1 heterocycles. The maximum atomic E-state index is 9.25. The van der Waals surface area contributed by atoms with Crippen LogP contribution in [0.3, 0.4) is 0 Å². The Labute approximate surface area is 85.9 Å². The van der Waals surface area contributed by atoms with Crippen LogP contribution in [-0.4, -0.2) is 37.6 Å². The topological polar surface area (TPSA) is 66.8 Å². The van der Waals surface area contributed by atoms with Gasteiger partial charge in [-0.05, 0) is 19.4 Å². The Hall–Kier alpha value is -0.653. The van der Waals surface area contributed by atoms with Crippen molar-refractivity contribution in [1.29, 1.82) is 0 Å². The normalized spacial score (nSPS) is 22.9. The van der Waals surface area contributed by atoms with Crippen molar-refractivity contribution in [3.05, 3.63) is 12.7 Å². The minimum Gasteiger partial charge on any atom is -0.478 e. The molecule has 2 N–H and O–H groups in total. The van der Waals surface area contributed by atoms with Gasteiger partial charge in [0.25, 0.3) is 0 Å². The highest BCUT2D eigenvalue weighted by molar-refractivity contribution is 6.53. The van der Waals surface area contributed by atoms with Gasteiger partial charge in [0.15, 0.2) is 0 Å². The summed E-state index contributed by atoms with van der Waals surface area (Å²) >= 11 is 0. The summed E-state index contributed by atoms with van der Waals surface area (Å²) in [5, 5.41) is 16.7. The summed E-state index contributed by atoms with van der Waals surface area (Å²) in [5.74, 6) is -0.981. The summed E-state index contributed by atoms with van der Waals surface area (Å²) in [6.07, 6.45) is 3.29. The Bertz CT molecular complexity index is 176. The fourth-order valence-electron chi connectivity index (χ4n) is 1.15. The Kier molecular flexibility index (Phi) is 7.36. The van der Waals surface area contributed by atoms with E-state index in [-0.39, 0.29) is 5.73 Å². The van der Waals surface area contributed by atoms with Crippen LogP contribution in [0.15, 0.2) is 12.7 Å². The van der Waals surface area contributed by atoms with E-state index in [1.807, 2.05) is 6.92 Å². The van der Waals surface area contributed by atoms with Crippen molar-refractivity contribution < 1.29 is 19.4 Å². The molecule has 0 saturated carbocycles. The molecule has 1 aliphatic rings. The maximum Gasteiger partial charge on any atom is 0.327 e. The van der Waals surface area contributed by atoms with Gasteiger partial charge < -0.3 is 14.6 Å². The van der Waals surface area contributed by atoms with E-state index in [1.165, 1.54) is 12.8 Å². The lowest BCUT2D eigenvalue weighted by atomic mass is 10.4. The highest BCUT2D eigenvalue weighted by atomic mass is 28.3. The van der Waals surface area contributed by atoms with Crippen molar-refractivity contribution in [2.24, 2.45) is 0 Å². The average molecular weight is 218 g/mol. The molecular formula is C9H18O4Si. The van der Waals surface area contributed by atoms with Crippen LogP contribution in [-0.2, 0) is 9.22 Å². The number of aliphatic hydroxyl groups is 1. The SMILES string of the molecule is C=CC(=O)O.CC(O)[SiH]1CCCCO1. The summed E-state index contributed by atoms with van der Waals surface area (Å²) in [4.78, 5) is 9.25. The lowest BCUT2D eigenvalue weighted by molar-refractivity contribution is -0.131. The van der Waals surface area contributed by atoms with Gasteiger partial charge in [-0.15, -0.1) is 0 Å². The van der Waals surface area contributed by atoms with E-state index in [9.17, 15) is 4.79 Å². The molecule has 82 valence electrons. The highest BCUT2D eigenvalue weighted by Gasteiger charge is 2.20. The third-order valence-corrected chi connectivity index (χ3v) is 4.64. The number of carboxylic acid groups (broad SMARTS) is 1. The molecule has 1 aliphatic heterocycles. The van der Waals surface area contributed by atoms with Crippen molar-refractivity contribution >= 4 is 15.0 Å². The quantitative estimate of drug-likeness (QED) is 0.529. The van der Waals surface area contributed by atoms with Gasteiger partial charge in [-0.25, -0.2) is 4.79 Å². The molecule has 0 amide bonds. The van der Waals surface area contributed by atoms with E-state index >= 15 is 0 Å². The summed E-state index contributed by atoms with van der Waals surface area (Å²) in [7, 11) is -1.14. The molecule has 0 aromatic rings. The number of hydrogen-bond donors (Lipinski definition) is 2. The van der Waals surface area contributed by atoms with Crippen LogP contribution in [0, 0.1) is 0 Å². The molecule has 14 heavy (non-hydrogen) atoms. The Balaban J connectivity index is 0.000000292. The summed E-state index contributed by atoms with van der Waals surface area (Å²) in [5.41, 5.74) is -0.148. The zero-order valence-corrected chi connectivity index (χ0v) is 9.63. The number of aliphatic hydroxyl groups excluding tert-OH is 1. The second-order valence-corrected chi connectivity index (χ2v) is 6.14. The fraction of sp³-hybridized carbons (Fsp3) is 0.667. The molecule has 0 aromatic carbocycles. The van der Waals surface area contributed by atoms with Crippen LogP contribution in [0.5, 0.6) is 0 Å². The average Bonchev–Trinajstić information content (AvgIpc) is 2.20. The molecule has 1 saturated heterocycles. The molecule has 2 atom stereocenters. The van der Waals surface area contributed by atoms with Gasteiger partial charge in [0.05, 0.1) is 5.73 Å². The third kappa shape index (κ3) is 6.82. The van der Waals surface area contributed by atoms with Gasteiger partial charge >= 0.3 is 5.97 Å². The van der Waals surface area contributed by atoms with E-state index in [1.54, 1.807) is 0 Å². The molecule has 0 spiro atoms. The Morgan fingerprint density at radius 3 is 2.43 bits per heavy atom. The lowest BCUT2D eigenvalue weighted by Gasteiger charge is -2.22. The van der Waals surface area contributed by atoms with Gasteiger partial charge in [-0.3, -0.25) is 0 Å². The van der Waals surface area contributed by atoms with Crippen LogP contribution in [0.2, 0.25) is 6.04 Å². The second kappa shape index (κ2) is 7.72. The van der Waals surface area contributed by atoms with E-state index in [2.05, 4.69) is 6.58 Å². The van der Waals surface area contributed by atoms with Crippen molar-refractivity contribution in [3.8, 4) is 0 Å². The van der Waals surface area contributed by atoms with E-state index in [0.29, 0.717) is 0 Å². The first-order chi connectivity index (χ1) is 6.57. The third-order valence-electron chi connectivity index (χ3n) is 1.93. The van der Waals surface area contributed by atoms with Crippen molar-refractivity contribution in [2.75, 3.05) is 6.61 Å². The Morgan fingerprint density at radius 2 is 2.21 bits per heavy atom. The highest BCUT2D eigenvalue weighted by Crippen LogP contribution is 2.12. The minimum atomic E-state index is -1.14. The van der Waals surface area contributed by atoms with Gasteiger partial charge in [-0.1, -0.05) is 13.0 Å². The summed E-state index contributed by atoms with van der Waals surface area (Å²) in [6, 6.07) is 1.16. The van der Waals surface area contributed by atoms with Crippen LogP contribution >= 0.6 is 0 Å². The van der Waals surface area contributed by atoms with E-state index < -0.39 is 15.0 Å². The zero-order chi connectivity index (χ0) is 11.0. The molecule has 5 heteroatoms. The standard InChI is InChI=1S/C6H14O2Si.C3H4O2/c1-6(7)9-5-3-2-4-8-9;1-2-3(4)5/h6-7,9H,2-5H2,1H3;2H,1H2,(H,4,5). The van der Waals surface area contributed by atoms with E-state index in [4.69, 9.17) is 14.6 Å². The summed E-state index contributed by atoms with van der Waals surface area (Å²) in [6.45, 7) is 5.70. The predicted molar refractivity (Wildman–Crippen MR) is 56.7 cm³/mol. The number of hydrogen-bond acceptors (Lipinski definition) is 3. The van der Waals surface area contributed by atoms with E-state index in [0.717, 1.165) is 18.7 Å². The van der Waals surface area contributed by atoms with Crippen molar-refractivity contribution in [3.63, 3.8) is 0 Å². The first kappa shape index (κ1) is 13.3. The fourth-order valence-corrected chi connectivity index (χ4v) is 3.23. The zero-order valence-electron chi connectivity index (χ0n) is 8.48. The maximum absolute atomic E-state index is 9.25. The molecule has 0 bridgehead atoms. The number of carboxylic acids is 1. The number of rotatable bonds is 2. The van der Waals surface area contributed by atoms with Crippen LogP contribution in [0.1, 0.15) is 19.8 Å². The first-order valence-electron chi connectivity index (χ1n) is 4.73. The van der Waals surface area contributed by atoms with Crippen LogP contribution < -0.4 is 0 Å². The smallest absolute Gasteiger partial charge is 0.327 e. The second-order valence-electron chi connectivity index (χ2n) is 3.19. The van der Waals surface area contributed by atoms with Gasteiger partial charge in [-0.2, -0.15) is 0 Å². The molecule has 1 fully saturated rings. The minimum absolute atomic E-state index is 0.148. The number of carbonyl (C=O) groups is 1. The first-order valence-corrected chi connectivity index (χ1v) is 6.68. The van der Waals surface area contributed by atoms with Gasteiger partial charge in [0.1, 0.15) is 0 Å². The summed E-state index contributed by atoms with van der Waals surface area (Å²) < 4.78 is 5.43. The van der Waals surface area contributed by atoms with Crippen molar-refractivity contribution in [1.82, 2.24) is 0 Å². The molecular weight excluding hydrogens is 200 g/mol. The molecule has 1 rings (SSSR count). The largest absolute Gasteiger partial charge is 0.478 e. The Morgan fingerprint density at radius 1 is 1.64 bits per heavy atom. The monoisotopic (exact) mass is 218 g/mol. The molecule has 0 aliphatic carbocycles. The van der Waals surface area contributed by atoms with Crippen LogP contribution in [0.4, 0.5) is 0 Å². The van der Waals surface area contributed by atoms with Gasteiger partial charge in [0, 0.05) is 12.7 Å². The lowest BCUT2D eigenvalue weighted by Crippen LogP contribution is -2.34. The van der Waals surface area contributed by atoms with Gasteiger partial charge in [0.2, 0.25) is 9.04 Å². The number of aliphatic carboxylic acids is 1. The molecule has 2 unspecified atom stereocenters. The molecule has 0 aromatic heterocycles. The predicted octanol–water partition coefficient (Wildman–Crippen LogP) is 0.698. The molecule has 4 nitrogen and oxygen atoms in total.